The van der Waals surface area contributed by atoms with Crippen molar-refractivity contribution >= 4 is 5.97 Å². The van der Waals surface area contributed by atoms with Crippen molar-refractivity contribution in [3.8, 4) is 0 Å². The van der Waals surface area contributed by atoms with Crippen molar-refractivity contribution in [2.24, 2.45) is 11.3 Å². The van der Waals surface area contributed by atoms with Gasteiger partial charge in [0.05, 0.1) is 5.41 Å². The zero-order chi connectivity index (χ0) is 12.5. The Morgan fingerprint density at radius 3 is 2.71 bits per heavy atom. The number of carbonyl (C=O) groups excluding carboxylic acids is 1. The Balaban J connectivity index is 1.68. The van der Waals surface area contributed by atoms with Crippen LogP contribution in [0.15, 0.2) is 0 Å². The third kappa shape index (κ3) is 2.82. The molecule has 1 aliphatic heterocycles. The molecule has 0 aromatic heterocycles. The van der Waals surface area contributed by atoms with Crippen molar-refractivity contribution in [3.63, 3.8) is 0 Å². The average molecular weight is 239 g/mol. The maximum atomic E-state index is 11.8. The summed E-state index contributed by atoms with van der Waals surface area (Å²) in [5.74, 6) is 0.868. The Morgan fingerprint density at radius 2 is 2.18 bits per heavy atom. The van der Waals surface area contributed by atoms with E-state index in [1.807, 2.05) is 20.8 Å². The van der Waals surface area contributed by atoms with Crippen LogP contribution in [0.3, 0.4) is 0 Å². The molecule has 1 heterocycles. The quantitative estimate of drug-likeness (QED) is 0.690. The summed E-state index contributed by atoms with van der Waals surface area (Å²) in [5, 5.41) is 0. The first-order chi connectivity index (χ1) is 8.03. The highest BCUT2D eigenvalue weighted by Crippen LogP contribution is 2.36. The molecule has 2 bridgehead atoms. The maximum absolute atomic E-state index is 11.8. The van der Waals surface area contributed by atoms with Gasteiger partial charge in [-0.15, -0.1) is 0 Å². The van der Waals surface area contributed by atoms with Crippen LogP contribution in [0.5, 0.6) is 0 Å². The number of carbonyl (C=O) groups is 1. The molecule has 2 atom stereocenters. The Morgan fingerprint density at radius 1 is 1.41 bits per heavy atom. The Hall–Kier alpha value is -0.570. The topological polar surface area (TPSA) is 29.5 Å². The average Bonchev–Trinajstić information content (AvgIpc) is 2.90. The molecular formula is C14H25NO2. The molecule has 17 heavy (non-hydrogen) atoms. The van der Waals surface area contributed by atoms with Gasteiger partial charge in [0.25, 0.3) is 0 Å². The SMILES string of the molecule is CCC(C)(C)C(=O)OCCN1CC2CCC1C2. The van der Waals surface area contributed by atoms with Crippen LogP contribution in [-0.4, -0.2) is 36.6 Å². The van der Waals surface area contributed by atoms with Gasteiger partial charge in [-0.05, 0) is 45.4 Å². The van der Waals surface area contributed by atoms with Crippen LogP contribution in [0.25, 0.3) is 0 Å². The number of piperidine rings is 1. The normalized spacial score (nSPS) is 28.6. The van der Waals surface area contributed by atoms with Crippen molar-refractivity contribution in [3.05, 3.63) is 0 Å². The Kier molecular flexibility index (Phi) is 3.76. The molecule has 3 nitrogen and oxygen atoms in total. The molecule has 0 amide bonds. The first-order valence-corrected chi connectivity index (χ1v) is 6.94. The second-order valence-corrected chi connectivity index (χ2v) is 6.20. The smallest absolute Gasteiger partial charge is 0.311 e. The van der Waals surface area contributed by atoms with Crippen LogP contribution in [0.2, 0.25) is 0 Å². The first kappa shape index (κ1) is 12.9. The number of nitrogens with zero attached hydrogens (tertiary/aromatic N) is 1. The van der Waals surface area contributed by atoms with E-state index in [0.29, 0.717) is 6.61 Å². The Bertz CT molecular complexity index is 288. The van der Waals surface area contributed by atoms with Crippen molar-refractivity contribution in [1.82, 2.24) is 4.90 Å². The van der Waals surface area contributed by atoms with E-state index in [9.17, 15) is 4.79 Å². The van der Waals surface area contributed by atoms with Crippen LogP contribution in [-0.2, 0) is 9.53 Å². The summed E-state index contributed by atoms with van der Waals surface area (Å²) < 4.78 is 5.39. The Labute approximate surface area is 105 Å². The van der Waals surface area contributed by atoms with Gasteiger partial charge in [0.2, 0.25) is 0 Å². The van der Waals surface area contributed by atoms with Crippen molar-refractivity contribution in [1.29, 1.82) is 0 Å². The van der Waals surface area contributed by atoms with Crippen molar-refractivity contribution in [2.45, 2.75) is 52.5 Å². The fraction of sp³-hybridized carbons (Fsp3) is 0.929. The minimum Gasteiger partial charge on any atom is -0.464 e. The molecule has 2 fully saturated rings. The first-order valence-electron chi connectivity index (χ1n) is 6.94. The predicted molar refractivity (Wildman–Crippen MR) is 67.7 cm³/mol. The lowest BCUT2D eigenvalue weighted by atomic mass is 9.91. The lowest BCUT2D eigenvalue weighted by Crippen LogP contribution is -2.36. The summed E-state index contributed by atoms with van der Waals surface area (Å²) in [7, 11) is 0. The van der Waals surface area contributed by atoms with Gasteiger partial charge >= 0.3 is 5.97 Å². The molecule has 3 heteroatoms. The number of hydrogen-bond donors (Lipinski definition) is 0. The molecule has 0 spiro atoms. The van der Waals surface area contributed by atoms with Gasteiger partial charge in [-0.25, -0.2) is 0 Å². The molecule has 2 unspecified atom stereocenters. The van der Waals surface area contributed by atoms with Crippen molar-refractivity contribution < 1.29 is 9.53 Å². The lowest BCUT2D eigenvalue weighted by molar-refractivity contribution is -0.154. The molecule has 0 radical (unpaired) electrons. The monoisotopic (exact) mass is 239 g/mol. The van der Waals surface area contributed by atoms with Gasteiger partial charge in [-0.1, -0.05) is 6.92 Å². The van der Waals surface area contributed by atoms with Gasteiger partial charge in [0, 0.05) is 19.1 Å². The predicted octanol–water partition coefficient (Wildman–Crippen LogP) is 2.45. The standard InChI is InChI=1S/C14H25NO2/c1-4-14(2,3)13(16)17-8-7-15-10-11-5-6-12(15)9-11/h11-12H,4-10H2,1-3H3. The van der Waals surface area contributed by atoms with Gasteiger partial charge in [-0.2, -0.15) is 0 Å². The number of ether oxygens (including phenoxy) is 1. The highest BCUT2D eigenvalue weighted by atomic mass is 16.5. The van der Waals surface area contributed by atoms with Crippen LogP contribution in [0, 0.1) is 11.3 Å². The summed E-state index contributed by atoms with van der Waals surface area (Å²) in [4.78, 5) is 14.3. The fourth-order valence-corrected chi connectivity index (χ4v) is 2.90. The van der Waals surface area contributed by atoms with Gasteiger partial charge in [0.15, 0.2) is 0 Å². The number of rotatable bonds is 5. The minimum absolute atomic E-state index is 0.0515. The highest BCUT2D eigenvalue weighted by molar-refractivity contribution is 5.75. The largest absolute Gasteiger partial charge is 0.464 e. The second kappa shape index (κ2) is 4.97. The molecule has 0 N–H and O–H groups in total. The van der Waals surface area contributed by atoms with E-state index in [0.717, 1.165) is 24.9 Å². The van der Waals surface area contributed by atoms with E-state index in [1.54, 1.807) is 0 Å². The molecule has 0 aromatic carbocycles. The number of esters is 1. The number of fused-ring (bicyclic) bond motifs is 2. The lowest BCUT2D eigenvalue weighted by Gasteiger charge is -2.27. The fourth-order valence-electron chi connectivity index (χ4n) is 2.90. The van der Waals surface area contributed by atoms with Crippen LogP contribution < -0.4 is 0 Å². The molecule has 1 saturated heterocycles. The van der Waals surface area contributed by atoms with Crippen LogP contribution >= 0.6 is 0 Å². The molecule has 1 aliphatic carbocycles. The van der Waals surface area contributed by atoms with Gasteiger partial charge in [-0.3, -0.25) is 9.69 Å². The summed E-state index contributed by atoms with van der Waals surface area (Å²) in [6.45, 7) is 8.64. The maximum Gasteiger partial charge on any atom is 0.311 e. The summed E-state index contributed by atoms with van der Waals surface area (Å²) in [6, 6.07) is 0.776. The summed E-state index contributed by atoms with van der Waals surface area (Å²) in [5.41, 5.74) is -0.329. The zero-order valence-electron chi connectivity index (χ0n) is 11.4. The van der Waals surface area contributed by atoms with E-state index in [2.05, 4.69) is 4.90 Å². The van der Waals surface area contributed by atoms with E-state index < -0.39 is 0 Å². The number of hydrogen-bond acceptors (Lipinski definition) is 3. The van der Waals surface area contributed by atoms with E-state index in [-0.39, 0.29) is 11.4 Å². The van der Waals surface area contributed by atoms with E-state index in [4.69, 9.17) is 4.74 Å². The summed E-state index contributed by atoms with van der Waals surface area (Å²) >= 11 is 0. The molecule has 2 rings (SSSR count). The third-order valence-electron chi connectivity index (χ3n) is 4.57. The molecular weight excluding hydrogens is 214 g/mol. The van der Waals surface area contributed by atoms with Crippen LogP contribution in [0.4, 0.5) is 0 Å². The van der Waals surface area contributed by atoms with Gasteiger partial charge in [0.1, 0.15) is 6.61 Å². The molecule has 2 aliphatic rings. The van der Waals surface area contributed by atoms with Gasteiger partial charge < -0.3 is 4.74 Å². The van der Waals surface area contributed by atoms with Crippen molar-refractivity contribution in [2.75, 3.05) is 19.7 Å². The summed E-state index contributed by atoms with van der Waals surface area (Å²) in [6.07, 6.45) is 4.96. The highest BCUT2D eigenvalue weighted by Gasteiger charge is 2.37. The van der Waals surface area contributed by atoms with E-state index in [1.165, 1.54) is 25.8 Å². The molecule has 0 aromatic rings. The zero-order valence-corrected chi connectivity index (χ0v) is 11.4. The second-order valence-electron chi connectivity index (χ2n) is 6.20. The van der Waals surface area contributed by atoms with Crippen LogP contribution in [0.1, 0.15) is 46.5 Å². The number of likely N-dealkylation sites (tertiary alicyclic amines) is 1. The van der Waals surface area contributed by atoms with E-state index >= 15 is 0 Å². The molecule has 98 valence electrons. The molecule has 1 saturated carbocycles. The third-order valence-corrected chi connectivity index (χ3v) is 4.57. The minimum atomic E-state index is -0.329.